The van der Waals surface area contributed by atoms with Gasteiger partial charge >= 0.3 is 0 Å². The number of fused-ring (bicyclic) bond motifs is 2. The number of rotatable bonds is 7. The third kappa shape index (κ3) is 4.31. The number of hydrogen-bond acceptors (Lipinski definition) is 6. The Morgan fingerprint density at radius 2 is 1.89 bits per heavy atom. The molecule has 0 unspecified atom stereocenters. The van der Waals surface area contributed by atoms with Gasteiger partial charge in [0.2, 0.25) is 0 Å². The van der Waals surface area contributed by atoms with Crippen LogP contribution >= 0.6 is 0 Å². The minimum absolute atomic E-state index is 0.138. The molecule has 1 amide bonds. The molecule has 0 saturated carbocycles. The Morgan fingerprint density at radius 1 is 1.13 bits per heavy atom. The fraction of sp³-hybridized carbons (Fsp3) is 0.138. The Balaban J connectivity index is 1.79. The average Bonchev–Trinajstić information content (AvgIpc) is 3.32. The van der Waals surface area contributed by atoms with E-state index in [2.05, 4.69) is 16.5 Å². The van der Waals surface area contributed by atoms with Crippen molar-refractivity contribution >= 4 is 37.9 Å². The number of carbonyl (C=O) groups is 1. The Bertz CT molecular complexity index is 1810. The molecule has 0 atom stereocenters. The van der Waals surface area contributed by atoms with Crippen molar-refractivity contribution in [3.8, 4) is 16.9 Å². The maximum atomic E-state index is 13.8. The molecule has 0 N–H and O–H groups in total. The van der Waals surface area contributed by atoms with Crippen LogP contribution in [0.1, 0.15) is 15.9 Å². The number of aryl methyl sites for hydroxylation is 1. The van der Waals surface area contributed by atoms with Gasteiger partial charge in [0.05, 0.1) is 17.6 Å². The van der Waals surface area contributed by atoms with Gasteiger partial charge in [-0.3, -0.25) is 9.78 Å². The molecule has 0 saturated heterocycles. The van der Waals surface area contributed by atoms with E-state index >= 15 is 0 Å². The molecule has 192 valence electrons. The fourth-order valence-corrected chi connectivity index (χ4v) is 5.72. The van der Waals surface area contributed by atoms with Crippen LogP contribution in [0.3, 0.4) is 0 Å². The second-order valence-corrected chi connectivity index (χ2v) is 10.8. The molecule has 8 nitrogen and oxygen atoms in total. The van der Waals surface area contributed by atoms with Crippen LogP contribution in [0, 0.1) is 6.92 Å². The minimum atomic E-state index is -3.98. The molecule has 0 aliphatic carbocycles. The summed E-state index contributed by atoms with van der Waals surface area (Å²) < 4.78 is 34.3. The van der Waals surface area contributed by atoms with Crippen molar-refractivity contribution in [2.45, 2.75) is 11.8 Å². The molecule has 0 spiro atoms. The first-order chi connectivity index (χ1) is 18.2. The number of ether oxygens (including phenoxy) is 1. The molecule has 9 heteroatoms. The highest BCUT2D eigenvalue weighted by atomic mass is 32.2. The zero-order valence-corrected chi connectivity index (χ0v) is 22.1. The van der Waals surface area contributed by atoms with E-state index in [1.807, 2.05) is 31.2 Å². The van der Waals surface area contributed by atoms with Gasteiger partial charge in [0.25, 0.3) is 15.9 Å². The molecule has 3 aromatic heterocycles. The van der Waals surface area contributed by atoms with Crippen LogP contribution in [0.5, 0.6) is 5.75 Å². The molecular weight excluding hydrogens is 500 g/mol. The zero-order chi connectivity index (χ0) is 27.0. The maximum Gasteiger partial charge on any atom is 0.269 e. The Hall–Kier alpha value is -4.50. The van der Waals surface area contributed by atoms with Gasteiger partial charge < -0.3 is 9.64 Å². The number of aromatic nitrogens is 3. The van der Waals surface area contributed by atoms with Gasteiger partial charge in [-0.05, 0) is 48.9 Å². The summed E-state index contributed by atoms with van der Waals surface area (Å²) in [6.45, 7) is 5.95. The van der Waals surface area contributed by atoms with E-state index in [0.717, 1.165) is 10.9 Å². The van der Waals surface area contributed by atoms with Gasteiger partial charge in [-0.25, -0.2) is 17.4 Å². The SMILES string of the molecule is C=CCN(C)C(=O)c1cnc2c(c1)c(-c1cc(OC)c3ncccc3c1)cn2S(=O)(=O)c1ccc(C)cc1. The fourth-order valence-electron chi connectivity index (χ4n) is 4.40. The highest BCUT2D eigenvalue weighted by Gasteiger charge is 2.25. The molecule has 0 fully saturated rings. The number of nitrogens with zero attached hydrogens (tertiary/aromatic N) is 4. The number of benzene rings is 2. The molecule has 0 bridgehead atoms. The first-order valence-electron chi connectivity index (χ1n) is 11.9. The minimum Gasteiger partial charge on any atom is -0.494 e. The number of methoxy groups -OCH3 is 1. The van der Waals surface area contributed by atoms with E-state index in [1.165, 1.54) is 15.1 Å². The topological polar surface area (TPSA) is 94.4 Å². The van der Waals surface area contributed by atoms with Crippen LogP contribution in [-0.2, 0) is 10.0 Å². The van der Waals surface area contributed by atoms with Crippen molar-refractivity contribution < 1.29 is 17.9 Å². The molecule has 2 aromatic carbocycles. The van der Waals surface area contributed by atoms with Gasteiger partial charge in [0.1, 0.15) is 11.3 Å². The number of amides is 1. The molecule has 5 aromatic rings. The summed E-state index contributed by atoms with van der Waals surface area (Å²) in [5.74, 6) is 0.297. The van der Waals surface area contributed by atoms with E-state index in [9.17, 15) is 13.2 Å². The Kier molecular flexibility index (Phi) is 6.46. The monoisotopic (exact) mass is 526 g/mol. The van der Waals surface area contributed by atoms with Crippen LogP contribution in [-0.4, -0.2) is 53.9 Å². The van der Waals surface area contributed by atoms with Crippen LogP contribution < -0.4 is 4.74 Å². The predicted molar refractivity (Wildman–Crippen MR) is 148 cm³/mol. The molecule has 38 heavy (non-hydrogen) atoms. The van der Waals surface area contributed by atoms with E-state index < -0.39 is 10.0 Å². The smallest absolute Gasteiger partial charge is 0.269 e. The largest absolute Gasteiger partial charge is 0.494 e. The number of hydrogen-bond donors (Lipinski definition) is 0. The van der Waals surface area contributed by atoms with Gasteiger partial charge in [0.15, 0.2) is 5.65 Å². The lowest BCUT2D eigenvalue weighted by Crippen LogP contribution is -2.26. The standard InChI is InChI=1S/C29H26N4O4S/c1-5-13-32(3)29(34)22-15-24-25(21-14-20-7-6-12-30-27(20)26(16-21)37-4)18-33(28(24)31-17-22)38(35,36)23-10-8-19(2)9-11-23/h5-12,14-18H,1,13H2,2-4H3. The second kappa shape index (κ2) is 9.75. The number of pyridine rings is 2. The average molecular weight is 527 g/mol. The Morgan fingerprint density at radius 3 is 2.61 bits per heavy atom. The summed E-state index contributed by atoms with van der Waals surface area (Å²) in [6.07, 6.45) is 6.27. The van der Waals surface area contributed by atoms with Gasteiger partial charge in [-0.15, -0.1) is 6.58 Å². The van der Waals surface area contributed by atoms with Crippen molar-refractivity contribution in [1.29, 1.82) is 0 Å². The Labute approximate surface area is 220 Å². The normalized spacial score (nSPS) is 11.6. The van der Waals surface area contributed by atoms with E-state index in [0.29, 0.717) is 39.9 Å². The van der Waals surface area contributed by atoms with Crippen LogP contribution in [0.4, 0.5) is 0 Å². The summed E-state index contributed by atoms with van der Waals surface area (Å²) in [6, 6.07) is 15.8. The van der Waals surface area contributed by atoms with Crippen molar-refractivity contribution in [1.82, 2.24) is 18.8 Å². The lowest BCUT2D eigenvalue weighted by Gasteiger charge is -2.15. The van der Waals surface area contributed by atoms with E-state index in [4.69, 9.17) is 4.74 Å². The molecule has 3 heterocycles. The second-order valence-electron chi connectivity index (χ2n) is 8.98. The lowest BCUT2D eigenvalue weighted by atomic mass is 10.0. The summed E-state index contributed by atoms with van der Waals surface area (Å²) in [5, 5.41) is 1.35. The molecular formula is C29H26N4O4S. The third-order valence-electron chi connectivity index (χ3n) is 6.39. The quantitative estimate of drug-likeness (QED) is 0.275. The predicted octanol–water partition coefficient (Wildman–Crippen LogP) is 5.06. The summed E-state index contributed by atoms with van der Waals surface area (Å²) in [5.41, 5.74) is 3.49. The van der Waals surface area contributed by atoms with Crippen LogP contribution in [0.25, 0.3) is 33.1 Å². The summed E-state index contributed by atoms with van der Waals surface area (Å²) >= 11 is 0. The van der Waals surface area contributed by atoms with Crippen molar-refractivity contribution in [2.75, 3.05) is 20.7 Å². The molecule has 0 aliphatic rings. The molecule has 0 radical (unpaired) electrons. The maximum absolute atomic E-state index is 13.8. The number of likely N-dealkylation sites (N-methyl/N-ethyl adjacent to an activating group) is 1. The molecule has 0 aliphatic heterocycles. The highest BCUT2D eigenvalue weighted by Crippen LogP contribution is 2.37. The van der Waals surface area contributed by atoms with Gasteiger partial charge in [-0.1, -0.05) is 29.8 Å². The van der Waals surface area contributed by atoms with Gasteiger partial charge in [-0.2, -0.15) is 0 Å². The first kappa shape index (κ1) is 25.2. The van der Waals surface area contributed by atoms with E-state index in [-0.39, 0.29) is 16.4 Å². The van der Waals surface area contributed by atoms with Crippen LogP contribution in [0.2, 0.25) is 0 Å². The summed E-state index contributed by atoms with van der Waals surface area (Å²) in [7, 11) is -0.752. The highest BCUT2D eigenvalue weighted by molar-refractivity contribution is 7.90. The summed E-state index contributed by atoms with van der Waals surface area (Å²) in [4.78, 5) is 23.6. The van der Waals surface area contributed by atoms with Gasteiger partial charge in [0, 0.05) is 48.5 Å². The lowest BCUT2D eigenvalue weighted by molar-refractivity contribution is 0.0810. The third-order valence-corrected chi connectivity index (χ3v) is 8.05. The van der Waals surface area contributed by atoms with Crippen molar-refractivity contribution in [3.05, 3.63) is 97.0 Å². The van der Waals surface area contributed by atoms with E-state index in [1.54, 1.807) is 63.0 Å². The van der Waals surface area contributed by atoms with Crippen molar-refractivity contribution in [2.24, 2.45) is 0 Å². The number of carbonyl (C=O) groups excluding carboxylic acids is 1. The molecule has 5 rings (SSSR count). The first-order valence-corrected chi connectivity index (χ1v) is 13.3. The van der Waals surface area contributed by atoms with Crippen LogP contribution in [0.15, 0.2) is 90.7 Å². The van der Waals surface area contributed by atoms with Crippen molar-refractivity contribution in [3.63, 3.8) is 0 Å². The zero-order valence-electron chi connectivity index (χ0n) is 21.2.